The van der Waals surface area contributed by atoms with Gasteiger partial charge in [-0.05, 0) is 37.6 Å². The van der Waals surface area contributed by atoms with Gasteiger partial charge in [0.2, 0.25) is 0 Å². The molecule has 3 rings (SSSR count). The van der Waals surface area contributed by atoms with E-state index in [0.29, 0.717) is 16.9 Å². The number of benzene rings is 2. The summed E-state index contributed by atoms with van der Waals surface area (Å²) < 4.78 is 11.7. The van der Waals surface area contributed by atoms with E-state index in [2.05, 4.69) is 21.2 Å². The highest BCUT2D eigenvalue weighted by Crippen LogP contribution is 2.37. The Morgan fingerprint density at radius 3 is 2.66 bits per heavy atom. The maximum atomic E-state index is 12.7. The summed E-state index contributed by atoms with van der Waals surface area (Å²) in [7, 11) is 0. The molecule has 10 heteroatoms. The summed E-state index contributed by atoms with van der Waals surface area (Å²) in [6.45, 7) is 3.40. The predicted octanol–water partition coefficient (Wildman–Crippen LogP) is 5.67. The number of esters is 1. The molecular weight excluding hydrogens is 500 g/mol. The predicted molar refractivity (Wildman–Crippen MR) is 125 cm³/mol. The average Bonchev–Trinajstić information content (AvgIpc) is 3.17. The third-order valence-corrected chi connectivity index (χ3v) is 5.74. The number of carbonyl (C=O) groups excluding carboxylic acids is 2. The van der Waals surface area contributed by atoms with Crippen molar-refractivity contribution in [2.45, 2.75) is 20.0 Å². The second kappa shape index (κ2) is 10.4. The normalized spacial score (nSPS) is 11.5. The number of nitro benzene ring substituents is 1. The summed E-state index contributed by atoms with van der Waals surface area (Å²) in [5.74, 6) is -0.579. The maximum Gasteiger partial charge on any atom is 0.341 e. The minimum absolute atomic E-state index is 0.106. The van der Waals surface area contributed by atoms with Gasteiger partial charge in [0.05, 0.1) is 11.5 Å². The molecule has 0 aliphatic heterocycles. The van der Waals surface area contributed by atoms with Crippen LogP contribution < -0.4 is 10.1 Å². The number of non-ortho nitro benzene ring substituents is 1. The van der Waals surface area contributed by atoms with E-state index in [1.54, 1.807) is 43.5 Å². The molecule has 2 aromatic carbocycles. The van der Waals surface area contributed by atoms with Gasteiger partial charge in [0, 0.05) is 27.5 Å². The number of ether oxygens (including phenoxy) is 2. The molecule has 3 aromatic rings. The number of nitrogens with one attached hydrogen (secondary N) is 1. The van der Waals surface area contributed by atoms with Crippen molar-refractivity contribution in [3.63, 3.8) is 0 Å². The molecule has 1 amide bonds. The third kappa shape index (κ3) is 5.51. The smallest absolute Gasteiger partial charge is 0.341 e. The van der Waals surface area contributed by atoms with E-state index in [9.17, 15) is 19.7 Å². The Hall–Kier alpha value is -3.24. The third-order valence-electron chi connectivity index (χ3n) is 4.35. The van der Waals surface area contributed by atoms with Crippen LogP contribution in [0.25, 0.3) is 11.1 Å². The molecule has 0 saturated carbocycles. The Balaban J connectivity index is 1.89. The van der Waals surface area contributed by atoms with Crippen LogP contribution in [0.15, 0.2) is 58.4 Å². The minimum atomic E-state index is -0.845. The van der Waals surface area contributed by atoms with Gasteiger partial charge < -0.3 is 14.8 Å². The summed E-state index contributed by atoms with van der Waals surface area (Å²) >= 11 is 4.48. The number of thiophene rings is 1. The van der Waals surface area contributed by atoms with E-state index >= 15 is 0 Å². The van der Waals surface area contributed by atoms with E-state index in [1.165, 1.54) is 18.2 Å². The van der Waals surface area contributed by atoms with Gasteiger partial charge in [0.25, 0.3) is 11.6 Å². The van der Waals surface area contributed by atoms with Gasteiger partial charge in [-0.1, -0.05) is 34.1 Å². The summed E-state index contributed by atoms with van der Waals surface area (Å²) in [6, 6.07) is 13.0. The van der Waals surface area contributed by atoms with Crippen molar-refractivity contribution in [1.82, 2.24) is 0 Å². The second-order valence-corrected chi connectivity index (χ2v) is 8.38. The molecule has 166 valence electrons. The molecule has 0 aliphatic carbocycles. The summed E-state index contributed by atoms with van der Waals surface area (Å²) in [5, 5.41) is 15.8. The van der Waals surface area contributed by atoms with Crippen molar-refractivity contribution < 1.29 is 24.0 Å². The number of nitro groups is 1. The first-order valence-electron chi connectivity index (χ1n) is 9.56. The fraction of sp³-hybridized carbons (Fsp3) is 0.182. The molecule has 0 unspecified atom stereocenters. The van der Waals surface area contributed by atoms with Crippen LogP contribution in [0.5, 0.6) is 5.75 Å². The molecule has 0 fully saturated rings. The Labute approximate surface area is 196 Å². The summed E-state index contributed by atoms with van der Waals surface area (Å²) in [6.07, 6.45) is -0.845. The lowest BCUT2D eigenvalue weighted by molar-refractivity contribution is -0.384. The van der Waals surface area contributed by atoms with Crippen molar-refractivity contribution in [1.29, 1.82) is 0 Å². The SMILES string of the molecule is CCOC(=O)c1c(-c2cccc([N+](=O)[O-])c2)csc1NC(=O)[C@H](C)Oc1cccc(Br)c1. The van der Waals surface area contributed by atoms with Gasteiger partial charge in [0.15, 0.2) is 6.10 Å². The number of halogens is 1. The van der Waals surface area contributed by atoms with Crippen LogP contribution in [0.4, 0.5) is 10.7 Å². The van der Waals surface area contributed by atoms with Crippen LogP contribution in [0.3, 0.4) is 0 Å². The number of hydrogen-bond donors (Lipinski definition) is 1. The fourth-order valence-electron chi connectivity index (χ4n) is 2.87. The van der Waals surface area contributed by atoms with E-state index in [1.807, 2.05) is 6.07 Å². The Morgan fingerprint density at radius 2 is 1.97 bits per heavy atom. The molecule has 32 heavy (non-hydrogen) atoms. The first-order valence-corrected chi connectivity index (χ1v) is 11.2. The molecule has 1 N–H and O–H groups in total. The minimum Gasteiger partial charge on any atom is -0.481 e. The van der Waals surface area contributed by atoms with E-state index in [0.717, 1.165) is 15.8 Å². The molecule has 1 aromatic heterocycles. The number of rotatable bonds is 8. The zero-order chi connectivity index (χ0) is 23.3. The van der Waals surface area contributed by atoms with Crippen molar-refractivity contribution in [2.75, 3.05) is 11.9 Å². The number of anilines is 1. The molecule has 8 nitrogen and oxygen atoms in total. The average molecular weight is 519 g/mol. The molecule has 1 atom stereocenters. The first kappa shape index (κ1) is 23.4. The Kier molecular flexibility index (Phi) is 7.60. The van der Waals surface area contributed by atoms with Gasteiger partial charge in [-0.3, -0.25) is 14.9 Å². The highest BCUT2D eigenvalue weighted by Gasteiger charge is 2.25. The van der Waals surface area contributed by atoms with Gasteiger partial charge in [0.1, 0.15) is 16.3 Å². The molecule has 0 spiro atoms. The lowest BCUT2D eigenvalue weighted by Gasteiger charge is -2.15. The van der Waals surface area contributed by atoms with Gasteiger partial charge in [-0.2, -0.15) is 0 Å². The van der Waals surface area contributed by atoms with Crippen LogP contribution in [0, 0.1) is 10.1 Å². The van der Waals surface area contributed by atoms with E-state index < -0.39 is 22.9 Å². The van der Waals surface area contributed by atoms with Gasteiger partial charge >= 0.3 is 5.97 Å². The molecule has 0 saturated heterocycles. The first-order chi connectivity index (χ1) is 15.3. The highest BCUT2D eigenvalue weighted by molar-refractivity contribution is 9.10. The van der Waals surface area contributed by atoms with Crippen LogP contribution in [0.1, 0.15) is 24.2 Å². The van der Waals surface area contributed by atoms with Crippen LogP contribution in [0.2, 0.25) is 0 Å². The highest BCUT2D eigenvalue weighted by atomic mass is 79.9. The van der Waals surface area contributed by atoms with E-state index in [4.69, 9.17) is 9.47 Å². The Bertz CT molecular complexity index is 1160. The standard InChI is InChI=1S/C22H19BrN2O6S/c1-3-30-22(27)19-18(14-6-4-8-16(10-14)25(28)29)12-32-21(19)24-20(26)13(2)31-17-9-5-7-15(23)11-17/h4-13H,3H2,1-2H3,(H,24,26)/t13-/m0/s1. The largest absolute Gasteiger partial charge is 0.481 e. The van der Waals surface area contributed by atoms with Crippen molar-refractivity contribution in [3.8, 4) is 16.9 Å². The molecule has 0 aliphatic rings. The van der Waals surface area contributed by atoms with Gasteiger partial charge in [-0.15, -0.1) is 11.3 Å². The van der Waals surface area contributed by atoms with Crippen LogP contribution in [-0.4, -0.2) is 29.5 Å². The molecule has 0 radical (unpaired) electrons. The summed E-state index contributed by atoms with van der Waals surface area (Å²) in [5.41, 5.74) is 0.941. The maximum absolute atomic E-state index is 12.7. The van der Waals surface area contributed by atoms with Crippen molar-refractivity contribution in [3.05, 3.63) is 74.1 Å². The van der Waals surface area contributed by atoms with Crippen molar-refractivity contribution >= 4 is 49.8 Å². The molecular formula is C22H19BrN2O6S. The quantitative estimate of drug-likeness (QED) is 0.234. The van der Waals surface area contributed by atoms with Crippen LogP contribution in [-0.2, 0) is 9.53 Å². The second-order valence-electron chi connectivity index (χ2n) is 6.59. The molecule has 0 bridgehead atoms. The van der Waals surface area contributed by atoms with Crippen LogP contribution >= 0.6 is 27.3 Å². The summed E-state index contributed by atoms with van der Waals surface area (Å²) in [4.78, 5) is 36.1. The number of amides is 1. The lowest BCUT2D eigenvalue weighted by Crippen LogP contribution is -2.30. The number of carbonyl (C=O) groups is 2. The zero-order valence-electron chi connectivity index (χ0n) is 17.2. The topological polar surface area (TPSA) is 108 Å². The van der Waals surface area contributed by atoms with Gasteiger partial charge in [-0.25, -0.2) is 4.79 Å². The lowest BCUT2D eigenvalue weighted by atomic mass is 10.0. The van der Waals surface area contributed by atoms with Crippen molar-refractivity contribution in [2.24, 2.45) is 0 Å². The Morgan fingerprint density at radius 1 is 1.22 bits per heavy atom. The van der Waals surface area contributed by atoms with E-state index in [-0.39, 0.29) is 22.9 Å². The number of hydrogen-bond acceptors (Lipinski definition) is 7. The fourth-order valence-corrected chi connectivity index (χ4v) is 4.21. The zero-order valence-corrected chi connectivity index (χ0v) is 19.6. The number of nitrogens with zero attached hydrogens (tertiary/aromatic N) is 1. The monoisotopic (exact) mass is 518 g/mol. The molecule has 1 heterocycles.